The molecule has 1 amide bonds. The van der Waals surface area contributed by atoms with Crippen LogP contribution in [-0.4, -0.2) is 26.1 Å². The van der Waals surface area contributed by atoms with Crippen LogP contribution in [0.1, 0.15) is 28.4 Å². The lowest BCUT2D eigenvalue weighted by Crippen LogP contribution is -2.34. The van der Waals surface area contributed by atoms with Crippen molar-refractivity contribution in [2.75, 3.05) is 14.2 Å². The van der Waals surface area contributed by atoms with E-state index >= 15 is 0 Å². The average Bonchev–Trinajstić information content (AvgIpc) is 2.60. The summed E-state index contributed by atoms with van der Waals surface area (Å²) in [5.41, 5.74) is 0.801. The fraction of sp³-hybridized carbons (Fsp3) is 0.222. The molecule has 6 nitrogen and oxygen atoms in total. The van der Waals surface area contributed by atoms with Gasteiger partial charge in [-0.2, -0.15) is 0 Å². The van der Waals surface area contributed by atoms with E-state index in [1.54, 1.807) is 42.5 Å². The highest BCUT2D eigenvalue weighted by Gasteiger charge is 2.19. The van der Waals surface area contributed by atoms with Gasteiger partial charge in [-0.15, -0.1) is 0 Å². The largest absolute Gasteiger partial charge is 0.550 e. The normalized spacial score (nSPS) is 11.5. The average molecular weight is 363 g/mol. The van der Waals surface area contributed by atoms with Crippen LogP contribution in [0.5, 0.6) is 11.5 Å². The van der Waals surface area contributed by atoms with Crippen LogP contribution >= 0.6 is 11.6 Å². The number of amides is 1. The topological polar surface area (TPSA) is 87.7 Å². The van der Waals surface area contributed by atoms with Gasteiger partial charge in [-0.05, 0) is 29.8 Å². The summed E-state index contributed by atoms with van der Waals surface area (Å²) >= 11 is 6.02. The first-order valence-corrected chi connectivity index (χ1v) is 7.81. The van der Waals surface area contributed by atoms with Crippen molar-refractivity contribution in [3.8, 4) is 11.5 Å². The van der Waals surface area contributed by atoms with E-state index in [4.69, 9.17) is 21.1 Å². The molecule has 0 unspecified atom stereocenters. The molecule has 2 rings (SSSR count). The fourth-order valence-corrected chi connectivity index (χ4v) is 2.59. The number of carbonyl (C=O) groups excluding carboxylic acids is 2. The third-order valence-corrected chi connectivity index (χ3v) is 3.93. The van der Waals surface area contributed by atoms with Crippen LogP contribution < -0.4 is 19.9 Å². The number of benzene rings is 2. The molecule has 132 valence electrons. The van der Waals surface area contributed by atoms with Gasteiger partial charge in [-0.25, -0.2) is 0 Å². The van der Waals surface area contributed by atoms with Gasteiger partial charge in [0.25, 0.3) is 5.91 Å². The lowest BCUT2D eigenvalue weighted by atomic mass is 10.0. The van der Waals surface area contributed by atoms with Gasteiger partial charge in [0.1, 0.15) is 0 Å². The summed E-state index contributed by atoms with van der Waals surface area (Å²) in [5, 5.41) is 14.0. The molecule has 0 radical (unpaired) electrons. The maximum Gasteiger partial charge on any atom is 0.253 e. The number of carboxylic acid groups (broad SMARTS) is 1. The molecule has 0 aliphatic heterocycles. The van der Waals surface area contributed by atoms with Gasteiger partial charge in [0.15, 0.2) is 11.5 Å². The highest BCUT2D eigenvalue weighted by molar-refractivity contribution is 6.33. The summed E-state index contributed by atoms with van der Waals surface area (Å²) in [5.74, 6) is -0.850. The Balaban J connectivity index is 2.32. The first kappa shape index (κ1) is 18.6. The third-order valence-electron chi connectivity index (χ3n) is 3.60. The summed E-state index contributed by atoms with van der Waals surface area (Å²) in [6.45, 7) is 0. The summed E-state index contributed by atoms with van der Waals surface area (Å²) in [6, 6.07) is 10.6. The number of aliphatic carboxylic acids is 1. The molecular formula is C18H17ClNO5-. The molecule has 2 aromatic carbocycles. The molecule has 0 fully saturated rings. The van der Waals surface area contributed by atoms with Gasteiger partial charge in [0, 0.05) is 12.4 Å². The Labute approximate surface area is 150 Å². The van der Waals surface area contributed by atoms with E-state index in [1.807, 2.05) is 0 Å². The molecule has 25 heavy (non-hydrogen) atoms. The number of hydrogen-bond acceptors (Lipinski definition) is 5. The predicted octanol–water partition coefficient (Wildman–Crippen LogP) is 1.97. The van der Waals surface area contributed by atoms with E-state index in [2.05, 4.69) is 5.32 Å². The molecule has 1 atom stereocenters. The lowest BCUT2D eigenvalue weighted by molar-refractivity contribution is -0.306. The van der Waals surface area contributed by atoms with E-state index in [9.17, 15) is 14.7 Å². The Morgan fingerprint density at radius 3 is 2.40 bits per heavy atom. The monoisotopic (exact) mass is 362 g/mol. The predicted molar refractivity (Wildman–Crippen MR) is 90.8 cm³/mol. The van der Waals surface area contributed by atoms with Crippen molar-refractivity contribution in [1.82, 2.24) is 5.32 Å². The van der Waals surface area contributed by atoms with Gasteiger partial charge in [-0.3, -0.25) is 4.79 Å². The first-order valence-electron chi connectivity index (χ1n) is 7.43. The van der Waals surface area contributed by atoms with E-state index < -0.39 is 24.3 Å². The first-order chi connectivity index (χ1) is 12.0. The summed E-state index contributed by atoms with van der Waals surface area (Å²) in [4.78, 5) is 23.5. The van der Waals surface area contributed by atoms with Crippen molar-refractivity contribution >= 4 is 23.5 Å². The molecular weight excluding hydrogens is 346 g/mol. The minimum Gasteiger partial charge on any atom is -0.550 e. The van der Waals surface area contributed by atoms with E-state index in [0.29, 0.717) is 17.1 Å². The molecule has 0 spiro atoms. The van der Waals surface area contributed by atoms with Gasteiger partial charge < -0.3 is 24.7 Å². The van der Waals surface area contributed by atoms with Crippen LogP contribution in [-0.2, 0) is 4.79 Å². The lowest BCUT2D eigenvalue weighted by Gasteiger charge is -2.21. The molecule has 0 heterocycles. The molecule has 0 aliphatic carbocycles. The number of nitrogens with one attached hydrogen (secondary N) is 1. The van der Waals surface area contributed by atoms with Gasteiger partial charge >= 0.3 is 0 Å². The number of rotatable bonds is 7. The number of carbonyl (C=O) groups is 2. The van der Waals surface area contributed by atoms with Gasteiger partial charge in [-0.1, -0.05) is 29.8 Å². The second-order valence-electron chi connectivity index (χ2n) is 5.20. The number of hydrogen-bond donors (Lipinski definition) is 1. The second-order valence-corrected chi connectivity index (χ2v) is 5.60. The third kappa shape index (κ3) is 4.64. The maximum absolute atomic E-state index is 12.4. The number of halogens is 1. The molecule has 0 saturated carbocycles. The second kappa shape index (κ2) is 8.39. The van der Waals surface area contributed by atoms with Crippen molar-refractivity contribution in [2.24, 2.45) is 0 Å². The number of carboxylic acids is 1. The smallest absolute Gasteiger partial charge is 0.253 e. The number of ether oxygens (including phenoxy) is 2. The highest BCUT2D eigenvalue weighted by atomic mass is 35.5. The highest BCUT2D eigenvalue weighted by Crippen LogP contribution is 2.31. The SMILES string of the molecule is COc1ccc([C@H](CC(=O)[O-])NC(=O)c2ccccc2Cl)cc1OC. The minimum atomic E-state index is -1.29. The van der Waals surface area contributed by atoms with Crippen LogP contribution in [0.15, 0.2) is 42.5 Å². The van der Waals surface area contributed by atoms with Crippen LogP contribution in [0.25, 0.3) is 0 Å². The fourth-order valence-electron chi connectivity index (χ4n) is 2.37. The van der Waals surface area contributed by atoms with Crippen molar-refractivity contribution in [3.05, 3.63) is 58.6 Å². The molecule has 1 N–H and O–H groups in total. The van der Waals surface area contributed by atoms with Crippen LogP contribution in [0.3, 0.4) is 0 Å². The van der Waals surface area contributed by atoms with Gasteiger partial charge in [0.2, 0.25) is 0 Å². The van der Waals surface area contributed by atoms with Crippen molar-refractivity contribution in [2.45, 2.75) is 12.5 Å². The molecule has 0 aromatic heterocycles. The number of methoxy groups -OCH3 is 2. The Morgan fingerprint density at radius 2 is 1.80 bits per heavy atom. The molecule has 2 aromatic rings. The van der Waals surface area contributed by atoms with E-state index in [0.717, 1.165) is 0 Å². The molecule has 0 aliphatic rings. The zero-order valence-corrected chi connectivity index (χ0v) is 14.5. The van der Waals surface area contributed by atoms with Crippen LogP contribution in [0, 0.1) is 0 Å². The van der Waals surface area contributed by atoms with E-state index in [1.165, 1.54) is 14.2 Å². The Hall–Kier alpha value is -2.73. The molecule has 0 bridgehead atoms. The maximum atomic E-state index is 12.4. The van der Waals surface area contributed by atoms with Crippen LogP contribution in [0.4, 0.5) is 0 Å². The van der Waals surface area contributed by atoms with Gasteiger partial charge in [0.05, 0.1) is 30.8 Å². The Kier molecular flexibility index (Phi) is 6.25. The van der Waals surface area contributed by atoms with Crippen LogP contribution in [0.2, 0.25) is 5.02 Å². The molecule has 7 heteroatoms. The van der Waals surface area contributed by atoms with Crippen molar-refractivity contribution in [3.63, 3.8) is 0 Å². The molecule has 0 saturated heterocycles. The van der Waals surface area contributed by atoms with Crippen molar-refractivity contribution in [1.29, 1.82) is 0 Å². The Bertz CT molecular complexity index is 778. The van der Waals surface area contributed by atoms with E-state index in [-0.39, 0.29) is 10.6 Å². The summed E-state index contributed by atoms with van der Waals surface area (Å²) in [6.07, 6.45) is -0.397. The summed E-state index contributed by atoms with van der Waals surface area (Å²) < 4.78 is 10.4. The standard InChI is InChI=1S/C18H18ClNO5/c1-24-15-8-7-11(9-16(15)25-2)14(10-17(21)22)20-18(23)12-5-3-4-6-13(12)19/h3-9,14H,10H2,1-2H3,(H,20,23)(H,21,22)/p-1/t14-/m0/s1. The Morgan fingerprint density at radius 1 is 1.12 bits per heavy atom. The van der Waals surface area contributed by atoms with Crippen molar-refractivity contribution < 1.29 is 24.2 Å². The minimum absolute atomic E-state index is 0.257. The zero-order valence-electron chi connectivity index (χ0n) is 13.7. The summed E-state index contributed by atoms with van der Waals surface area (Å²) in [7, 11) is 2.97. The quantitative estimate of drug-likeness (QED) is 0.813. The zero-order chi connectivity index (χ0) is 18.4.